The molecule has 0 spiro atoms. The first-order valence-electron chi connectivity index (χ1n) is 8.57. The molecule has 0 bridgehead atoms. The quantitative estimate of drug-likeness (QED) is 0.766. The van der Waals surface area contributed by atoms with E-state index in [2.05, 4.69) is 5.16 Å². The number of likely N-dealkylation sites (tertiary alicyclic amines) is 1. The molecule has 1 aromatic carbocycles. The van der Waals surface area contributed by atoms with Crippen LogP contribution in [0.1, 0.15) is 21.9 Å². The third kappa shape index (κ3) is 2.89. The van der Waals surface area contributed by atoms with Gasteiger partial charge in [0, 0.05) is 43.9 Å². The summed E-state index contributed by atoms with van der Waals surface area (Å²) in [5, 5.41) is 15.8. The highest BCUT2D eigenvalue weighted by molar-refractivity contribution is 6.35. The van der Waals surface area contributed by atoms with E-state index >= 15 is 0 Å². The van der Waals surface area contributed by atoms with Crippen molar-refractivity contribution in [2.45, 2.75) is 19.4 Å². The van der Waals surface area contributed by atoms with Gasteiger partial charge in [0.05, 0.1) is 22.3 Å². The predicted molar refractivity (Wildman–Crippen MR) is 98.3 cm³/mol. The van der Waals surface area contributed by atoms with Crippen molar-refractivity contribution in [2.75, 3.05) is 13.1 Å². The van der Waals surface area contributed by atoms with Crippen molar-refractivity contribution in [3.63, 3.8) is 0 Å². The predicted octanol–water partition coefficient (Wildman–Crippen LogP) is 2.80. The standard InChI is InChI=1S/C19H20ClN3O3/c1-11-6-14(26-21-11)7-13-9-23(10-17(13)24)19(25)16-8-12-4-3-5-15(20)18(12)22(16)2/h3-6,8,13,17,24H,7,9-10H2,1-2H3/t13-,17-/m1/s1. The normalized spacial score (nSPS) is 20.2. The molecular formula is C19H20ClN3O3. The van der Waals surface area contributed by atoms with Gasteiger partial charge in [-0.25, -0.2) is 0 Å². The molecule has 1 amide bonds. The monoisotopic (exact) mass is 373 g/mol. The van der Waals surface area contributed by atoms with Crippen LogP contribution in [0.2, 0.25) is 5.02 Å². The molecular weight excluding hydrogens is 354 g/mol. The molecule has 4 rings (SSSR count). The number of para-hydroxylation sites is 1. The minimum atomic E-state index is -0.581. The number of halogens is 1. The van der Waals surface area contributed by atoms with Crippen molar-refractivity contribution in [2.24, 2.45) is 13.0 Å². The van der Waals surface area contributed by atoms with E-state index in [4.69, 9.17) is 16.1 Å². The van der Waals surface area contributed by atoms with Crippen LogP contribution in [-0.4, -0.2) is 44.8 Å². The van der Waals surface area contributed by atoms with E-state index in [-0.39, 0.29) is 11.8 Å². The van der Waals surface area contributed by atoms with Gasteiger partial charge in [-0.05, 0) is 19.1 Å². The summed E-state index contributed by atoms with van der Waals surface area (Å²) in [7, 11) is 1.84. The van der Waals surface area contributed by atoms with Crippen LogP contribution in [0.25, 0.3) is 10.9 Å². The van der Waals surface area contributed by atoms with Crippen molar-refractivity contribution < 1.29 is 14.4 Å². The Hall–Kier alpha value is -2.31. The number of carbonyl (C=O) groups excluding carboxylic acids is 1. The summed E-state index contributed by atoms with van der Waals surface area (Å²) in [6, 6.07) is 9.33. The molecule has 1 aliphatic heterocycles. The van der Waals surface area contributed by atoms with E-state index in [0.717, 1.165) is 22.4 Å². The molecule has 3 heterocycles. The number of rotatable bonds is 3. The van der Waals surface area contributed by atoms with E-state index < -0.39 is 6.10 Å². The van der Waals surface area contributed by atoms with Gasteiger partial charge in [0.15, 0.2) is 0 Å². The third-order valence-electron chi connectivity index (χ3n) is 5.06. The van der Waals surface area contributed by atoms with Crippen molar-refractivity contribution in [3.05, 3.63) is 52.5 Å². The molecule has 0 aliphatic carbocycles. The zero-order valence-electron chi connectivity index (χ0n) is 14.6. The minimum absolute atomic E-state index is 0.0652. The second-order valence-electron chi connectivity index (χ2n) is 6.94. The maximum Gasteiger partial charge on any atom is 0.270 e. The molecule has 1 aliphatic rings. The number of carbonyl (C=O) groups is 1. The van der Waals surface area contributed by atoms with Gasteiger partial charge in [-0.3, -0.25) is 4.79 Å². The summed E-state index contributed by atoms with van der Waals surface area (Å²) in [6.45, 7) is 2.65. The Morgan fingerprint density at radius 3 is 2.88 bits per heavy atom. The lowest BCUT2D eigenvalue weighted by molar-refractivity contribution is 0.0756. The average Bonchev–Trinajstić information content (AvgIpc) is 3.27. The molecule has 136 valence electrons. The van der Waals surface area contributed by atoms with Crippen molar-refractivity contribution in [1.82, 2.24) is 14.6 Å². The summed E-state index contributed by atoms with van der Waals surface area (Å²) in [4.78, 5) is 14.7. The van der Waals surface area contributed by atoms with Crippen LogP contribution in [0.5, 0.6) is 0 Å². The molecule has 0 saturated carbocycles. The Balaban J connectivity index is 1.56. The van der Waals surface area contributed by atoms with Gasteiger partial charge < -0.3 is 19.1 Å². The van der Waals surface area contributed by atoms with Crippen molar-refractivity contribution in [1.29, 1.82) is 0 Å². The van der Waals surface area contributed by atoms with Gasteiger partial charge in [-0.15, -0.1) is 0 Å². The fourth-order valence-electron chi connectivity index (χ4n) is 3.73. The molecule has 2 atom stereocenters. The Bertz CT molecular complexity index is 978. The van der Waals surface area contributed by atoms with E-state index in [0.29, 0.717) is 30.2 Å². The largest absolute Gasteiger partial charge is 0.391 e. The molecule has 0 radical (unpaired) electrons. The molecule has 26 heavy (non-hydrogen) atoms. The van der Waals surface area contributed by atoms with Gasteiger partial charge in [0.2, 0.25) is 0 Å². The summed E-state index contributed by atoms with van der Waals surface area (Å²) in [5.74, 6) is 0.567. The van der Waals surface area contributed by atoms with Gasteiger partial charge in [0.1, 0.15) is 11.5 Å². The first-order chi connectivity index (χ1) is 12.4. The number of aryl methyl sites for hydroxylation is 2. The zero-order valence-corrected chi connectivity index (χ0v) is 15.4. The number of β-amino-alcohol motifs (C(OH)–C–C–N with tert-alkyl or cyclic N) is 1. The second kappa shape index (κ2) is 6.45. The number of aliphatic hydroxyl groups excluding tert-OH is 1. The molecule has 7 heteroatoms. The highest BCUT2D eigenvalue weighted by Gasteiger charge is 2.36. The Labute approximate surface area is 155 Å². The van der Waals surface area contributed by atoms with Crippen LogP contribution in [-0.2, 0) is 13.5 Å². The lowest BCUT2D eigenvalue weighted by atomic mass is 10.0. The highest BCUT2D eigenvalue weighted by atomic mass is 35.5. The number of nitrogens with zero attached hydrogens (tertiary/aromatic N) is 3. The second-order valence-corrected chi connectivity index (χ2v) is 7.35. The van der Waals surface area contributed by atoms with E-state index in [1.807, 2.05) is 48.9 Å². The molecule has 6 nitrogen and oxygen atoms in total. The smallest absolute Gasteiger partial charge is 0.270 e. The van der Waals surface area contributed by atoms with Crippen LogP contribution in [0.3, 0.4) is 0 Å². The van der Waals surface area contributed by atoms with Crippen molar-refractivity contribution >= 4 is 28.4 Å². The summed E-state index contributed by atoms with van der Waals surface area (Å²) < 4.78 is 7.06. The average molecular weight is 374 g/mol. The van der Waals surface area contributed by atoms with Gasteiger partial charge in [-0.1, -0.05) is 28.9 Å². The topological polar surface area (TPSA) is 71.5 Å². The maximum atomic E-state index is 13.0. The fraction of sp³-hybridized carbons (Fsp3) is 0.368. The summed E-state index contributed by atoms with van der Waals surface area (Å²) >= 11 is 6.28. The van der Waals surface area contributed by atoms with E-state index in [1.165, 1.54) is 0 Å². The number of hydrogen-bond donors (Lipinski definition) is 1. The Morgan fingerprint density at radius 1 is 1.38 bits per heavy atom. The van der Waals surface area contributed by atoms with Crippen LogP contribution < -0.4 is 0 Å². The number of aliphatic hydroxyl groups is 1. The minimum Gasteiger partial charge on any atom is -0.391 e. The molecule has 1 N–H and O–H groups in total. The first-order valence-corrected chi connectivity index (χ1v) is 8.95. The van der Waals surface area contributed by atoms with E-state index in [1.54, 1.807) is 4.90 Å². The number of hydrogen-bond acceptors (Lipinski definition) is 4. The highest BCUT2D eigenvalue weighted by Crippen LogP contribution is 2.29. The van der Waals surface area contributed by atoms with Gasteiger partial charge in [-0.2, -0.15) is 0 Å². The van der Waals surface area contributed by atoms with Crippen LogP contribution in [0.4, 0.5) is 0 Å². The third-order valence-corrected chi connectivity index (χ3v) is 5.36. The molecule has 1 fully saturated rings. The number of fused-ring (bicyclic) bond motifs is 1. The van der Waals surface area contributed by atoms with Gasteiger partial charge >= 0.3 is 0 Å². The maximum absolute atomic E-state index is 13.0. The molecule has 2 aromatic heterocycles. The number of benzene rings is 1. The lowest BCUT2D eigenvalue weighted by Crippen LogP contribution is -2.31. The number of aromatic nitrogens is 2. The SMILES string of the molecule is Cc1cc(C[C@@H]2CN(C(=O)c3cc4cccc(Cl)c4n3C)C[C@H]2O)on1. The Kier molecular flexibility index (Phi) is 4.25. The Morgan fingerprint density at radius 2 is 2.19 bits per heavy atom. The van der Waals surface area contributed by atoms with E-state index in [9.17, 15) is 9.90 Å². The summed E-state index contributed by atoms with van der Waals surface area (Å²) in [6.07, 6.45) is -0.0187. The fourth-order valence-corrected chi connectivity index (χ4v) is 4.03. The molecule has 0 unspecified atom stereocenters. The first kappa shape index (κ1) is 17.1. The zero-order chi connectivity index (χ0) is 18.4. The van der Waals surface area contributed by atoms with Crippen LogP contribution in [0.15, 0.2) is 34.9 Å². The van der Waals surface area contributed by atoms with Crippen LogP contribution >= 0.6 is 11.6 Å². The summed E-state index contributed by atoms with van der Waals surface area (Å²) in [5.41, 5.74) is 2.22. The lowest BCUT2D eigenvalue weighted by Gasteiger charge is -2.16. The van der Waals surface area contributed by atoms with Gasteiger partial charge in [0.25, 0.3) is 5.91 Å². The molecule has 1 saturated heterocycles. The van der Waals surface area contributed by atoms with Crippen molar-refractivity contribution in [3.8, 4) is 0 Å². The molecule has 3 aromatic rings. The number of amides is 1. The van der Waals surface area contributed by atoms with Crippen LogP contribution in [0, 0.1) is 12.8 Å².